The molecule has 1 atom stereocenters. The molecule has 4 nitrogen and oxygen atoms in total. The van der Waals surface area contributed by atoms with E-state index in [1.807, 2.05) is 0 Å². The normalized spacial score (nSPS) is 15.6. The number of aliphatic hydroxyl groups is 1. The van der Waals surface area contributed by atoms with E-state index in [2.05, 4.69) is 10.3 Å². The van der Waals surface area contributed by atoms with Crippen LogP contribution in [-0.4, -0.2) is 24.7 Å². The zero-order valence-corrected chi connectivity index (χ0v) is 9.37. The molecule has 0 radical (unpaired) electrons. The van der Waals surface area contributed by atoms with E-state index in [4.69, 9.17) is 5.73 Å². The van der Waals surface area contributed by atoms with Gasteiger partial charge in [0.2, 0.25) is 0 Å². The maximum absolute atomic E-state index is 12.7. The summed E-state index contributed by atoms with van der Waals surface area (Å²) in [6, 6.07) is 5.69. The second-order valence-electron chi connectivity index (χ2n) is 3.74. The van der Waals surface area contributed by atoms with E-state index >= 15 is 0 Å². The Labute approximate surface area is 94.0 Å². The topological polar surface area (TPSA) is 70.6 Å². The molecule has 0 aromatic heterocycles. The van der Waals surface area contributed by atoms with Crippen LogP contribution in [0.5, 0.6) is 0 Å². The largest absolute Gasteiger partial charge is 0.384 e. The van der Waals surface area contributed by atoms with Gasteiger partial charge in [0.15, 0.2) is 5.96 Å². The first-order chi connectivity index (χ1) is 7.45. The van der Waals surface area contributed by atoms with Gasteiger partial charge < -0.3 is 16.2 Å². The Morgan fingerprint density at radius 1 is 1.50 bits per heavy atom. The number of nitrogens with two attached hydrogens (primary N) is 1. The van der Waals surface area contributed by atoms with E-state index < -0.39 is 5.60 Å². The highest BCUT2D eigenvalue weighted by molar-refractivity contribution is 5.77. The Hall–Kier alpha value is -1.62. The van der Waals surface area contributed by atoms with E-state index in [1.54, 1.807) is 14.0 Å². The first-order valence-corrected chi connectivity index (χ1v) is 4.90. The van der Waals surface area contributed by atoms with Crippen molar-refractivity contribution in [2.75, 3.05) is 13.6 Å². The molecule has 1 aromatic rings. The highest BCUT2D eigenvalue weighted by Gasteiger charge is 2.22. The molecular formula is C11H16FN3O. The second-order valence-corrected chi connectivity index (χ2v) is 3.74. The van der Waals surface area contributed by atoms with Crippen LogP contribution in [0.3, 0.4) is 0 Å². The van der Waals surface area contributed by atoms with E-state index in [-0.39, 0.29) is 18.3 Å². The van der Waals surface area contributed by atoms with Gasteiger partial charge in [0, 0.05) is 7.05 Å². The van der Waals surface area contributed by atoms with E-state index in [1.165, 1.54) is 24.3 Å². The second kappa shape index (κ2) is 4.94. The summed E-state index contributed by atoms with van der Waals surface area (Å²) in [5.74, 6) is -0.0791. The van der Waals surface area contributed by atoms with Gasteiger partial charge in [-0.1, -0.05) is 12.1 Å². The average molecular weight is 225 g/mol. The van der Waals surface area contributed by atoms with Gasteiger partial charge in [-0.15, -0.1) is 0 Å². The summed E-state index contributed by atoms with van der Waals surface area (Å²) in [4.78, 5) is 3.71. The van der Waals surface area contributed by atoms with Crippen LogP contribution in [0.1, 0.15) is 12.5 Å². The highest BCUT2D eigenvalue weighted by atomic mass is 19.1. The smallest absolute Gasteiger partial charge is 0.188 e. The van der Waals surface area contributed by atoms with Crippen LogP contribution >= 0.6 is 0 Å². The van der Waals surface area contributed by atoms with Crippen molar-refractivity contribution in [2.24, 2.45) is 10.7 Å². The average Bonchev–Trinajstić information content (AvgIpc) is 2.26. The maximum atomic E-state index is 12.7. The van der Waals surface area contributed by atoms with Crippen molar-refractivity contribution >= 4 is 5.96 Å². The molecule has 4 N–H and O–H groups in total. The summed E-state index contributed by atoms with van der Waals surface area (Å²) in [6.45, 7) is 1.83. The standard InChI is InChI=1S/C11H16FN3O/c1-11(16,7-15-10(13)14-2)8-3-5-9(12)6-4-8/h3-6,16H,7H2,1-2H3,(H3,13,14,15). The lowest BCUT2D eigenvalue weighted by Gasteiger charge is -2.24. The molecule has 0 aliphatic rings. The minimum Gasteiger partial charge on any atom is -0.384 e. The summed E-state index contributed by atoms with van der Waals surface area (Å²) < 4.78 is 12.7. The summed E-state index contributed by atoms with van der Waals surface area (Å²) in [5.41, 5.74) is 4.94. The number of hydrogen-bond acceptors (Lipinski definition) is 2. The Morgan fingerprint density at radius 3 is 2.56 bits per heavy atom. The van der Waals surface area contributed by atoms with Crippen LogP contribution in [0.2, 0.25) is 0 Å². The van der Waals surface area contributed by atoms with Gasteiger partial charge in [0.1, 0.15) is 11.4 Å². The third-order valence-corrected chi connectivity index (χ3v) is 2.32. The molecule has 0 saturated carbocycles. The molecule has 0 aliphatic heterocycles. The molecule has 5 heteroatoms. The Balaban J connectivity index is 2.73. The van der Waals surface area contributed by atoms with Crippen LogP contribution in [0.25, 0.3) is 0 Å². The fraction of sp³-hybridized carbons (Fsp3) is 0.364. The van der Waals surface area contributed by atoms with Gasteiger partial charge in [0.05, 0.1) is 6.54 Å². The van der Waals surface area contributed by atoms with Crippen LogP contribution < -0.4 is 11.1 Å². The molecule has 16 heavy (non-hydrogen) atoms. The van der Waals surface area contributed by atoms with E-state index in [0.29, 0.717) is 5.56 Å². The van der Waals surface area contributed by atoms with Crippen LogP contribution in [0.15, 0.2) is 29.3 Å². The predicted octanol–water partition coefficient (Wildman–Crippen LogP) is 0.567. The lowest BCUT2D eigenvalue weighted by molar-refractivity contribution is 0.0618. The first-order valence-electron chi connectivity index (χ1n) is 4.90. The third-order valence-electron chi connectivity index (χ3n) is 2.32. The van der Waals surface area contributed by atoms with Crippen LogP contribution in [-0.2, 0) is 5.60 Å². The van der Waals surface area contributed by atoms with Crippen LogP contribution in [0.4, 0.5) is 4.39 Å². The monoisotopic (exact) mass is 225 g/mol. The predicted molar refractivity (Wildman–Crippen MR) is 61.5 cm³/mol. The van der Waals surface area contributed by atoms with E-state index in [9.17, 15) is 9.50 Å². The Kier molecular flexibility index (Phi) is 3.84. The van der Waals surface area contributed by atoms with Gasteiger partial charge in [-0.05, 0) is 24.6 Å². The maximum Gasteiger partial charge on any atom is 0.188 e. The molecule has 0 amide bonds. The van der Waals surface area contributed by atoms with Crippen molar-refractivity contribution in [2.45, 2.75) is 12.5 Å². The molecular weight excluding hydrogens is 209 g/mol. The number of nitrogens with zero attached hydrogens (tertiary/aromatic N) is 1. The number of nitrogens with one attached hydrogen (secondary N) is 1. The minimum absolute atomic E-state index is 0.210. The highest BCUT2D eigenvalue weighted by Crippen LogP contribution is 2.19. The van der Waals surface area contributed by atoms with Crippen molar-refractivity contribution in [1.82, 2.24) is 5.32 Å². The number of guanidine groups is 1. The molecule has 0 heterocycles. The fourth-order valence-electron chi connectivity index (χ4n) is 1.25. The molecule has 0 spiro atoms. The zero-order chi connectivity index (χ0) is 12.2. The van der Waals surface area contributed by atoms with Crippen molar-refractivity contribution < 1.29 is 9.50 Å². The summed E-state index contributed by atoms with van der Waals surface area (Å²) in [5, 5.41) is 12.9. The summed E-state index contributed by atoms with van der Waals surface area (Å²) >= 11 is 0. The number of hydrogen-bond donors (Lipinski definition) is 3. The van der Waals surface area contributed by atoms with Gasteiger partial charge in [-0.2, -0.15) is 0 Å². The quantitative estimate of drug-likeness (QED) is 0.520. The Bertz CT molecular complexity index is 373. The number of halogens is 1. The first kappa shape index (κ1) is 12.4. The lowest BCUT2D eigenvalue weighted by Crippen LogP contribution is -2.41. The van der Waals surface area contributed by atoms with Crippen LogP contribution in [0, 0.1) is 5.82 Å². The summed E-state index contributed by atoms with van der Waals surface area (Å²) in [6.07, 6.45) is 0. The fourth-order valence-corrected chi connectivity index (χ4v) is 1.25. The Morgan fingerprint density at radius 2 is 2.06 bits per heavy atom. The number of rotatable bonds is 3. The van der Waals surface area contributed by atoms with Gasteiger partial charge in [0.25, 0.3) is 0 Å². The molecule has 0 saturated heterocycles. The number of benzene rings is 1. The van der Waals surface area contributed by atoms with Crippen molar-refractivity contribution in [3.8, 4) is 0 Å². The van der Waals surface area contributed by atoms with Crippen molar-refractivity contribution in [3.63, 3.8) is 0 Å². The molecule has 88 valence electrons. The molecule has 1 unspecified atom stereocenters. The van der Waals surface area contributed by atoms with Crippen molar-refractivity contribution in [1.29, 1.82) is 0 Å². The SMILES string of the molecule is CN=C(N)NCC(C)(O)c1ccc(F)cc1. The molecule has 1 rings (SSSR count). The van der Waals surface area contributed by atoms with Crippen molar-refractivity contribution in [3.05, 3.63) is 35.6 Å². The van der Waals surface area contributed by atoms with Gasteiger partial charge in [-0.3, -0.25) is 4.99 Å². The lowest BCUT2D eigenvalue weighted by atomic mass is 9.96. The molecule has 1 aromatic carbocycles. The summed E-state index contributed by atoms with van der Waals surface area (Å²) in [7, 11) is 1.55. The van der Waals surface area contributed by atoms with Gasteiger partial charge in [-0.25, -0.2) is 4.39 Å². The number of aliphatic imine (C=N–C) groups is 1. The zero-order valence-electron chi connectivity index (χ0n) is 9.37. The van der Waals surface area contributed by atoms with Gasteiger partial charge >= 0.3 is 0 Å². The van der Waals surface area contributed by atoms with E-state index in [0.717, 1.165) is 0 Å². The molecule has 0 aliphatic carbocycles. The third kappa shape index (κ3) is 3.20. The molecule has 0 fully saturated rings. The molecule has 0 bridgehead atoms. The minimum atomic E-state index is -1.12.